The standard InChI is InChI=1S/C12H18N2O3/c1-4-7-10-9(11(15)16-5-2)8-13-12(14-10)17-6-3/h8H,4-7H2,1-3H3. The van der Waals surface area contributed by atoms with E-state index in [9.17, 15) is 4.79 Å². The maximum atomic E-state index is 11.7. The minimum atomic E-state index is -0.376. The van der Waals surface area contributed by atoms with Gasteiger partial charge in [-0.2, -0.15) is 4.98 Å². The normalized spacial score (nSPS) is 10.1. The van der Waals surface area contributed by atoms with Crippen LogP contribution in [0.1, 0.15) is 43.2 Å². The highest BCUT2D eigenvalue weighted by Gasteiger charge is 2.15. The Bertz CT molecular complexity index is 380. The van der Waals surface area contributed by atoms with E-state index >= 15 is 0 Å². The molecule has 0 amide bonds. The summed E-state index contributed by atoms with van der Waals surface area (Å²) >= 11 is 0. The van der Waals surface area contributed by atoms with E-state index in [2.05, 4.69) is 9.97 Å². The molecule has 1 aromatic rings. The molecule has 0 unspecified atom stereocenters. The first kappa shape index (κ1) is 13.4. The van der Waals surface area contributed by atoms with Gasteiger partial charge < -0.3 is 9.47 Å². The summed E-state index contributed by atoms with van der Waals surface area (Å²) in [5.41, 5.74) is 1.11. The van der Waals surface area contributed by atoms with Crippen molar-refractivity contribution in [1.82, 2.24) is 9.97 Å². The summed E-state index contributed by atoms with van der Waals surface area (Å²) < 4.78 is 10.2. The number of aryl methyl sites for hydroxylation is 1. The lowest BCUT2D eigenvalue weighted by Crippen LogP contribution is -2.12. The lowest BCUT2D eigenvalue weighted by molar-refractivity contribution is 0.0523. The van der Waals surface area contributed by atoms with Gasteiger partial charge in [-0.15, -0.1) is 0 Å². The van der Waals surface area contributed by atoms with Gasteiger partial charge in [-0.25, -0.2) is 9.78 Å². The zero-order valence-corrected chi connectivity index (χ0v) is 10.5. The van der Waals surface area contributed by atoms with Gasteiger partial charge in [0.25, 0.3) is 0 Å². The molecule has 94 valence electrons. The SMILES string of the molecule is CCCc1nc(OCC)ncc1C(=O)OCC. The van der Waals surface area contributed by atoms with E-state index in [4.69, 9.17) is 9.47 Å². The topological polar surface area (TPSA) is 61.3 Å². The zero-order chi connectivity index (χ0) is 12.7. The van der Waals surface area contributed by atoms with Crippen LogP contribution in [0.25, 0.3) is 0 Å². The van der Waals surface area contributed by atoms with Gasteiger partial charge >= 0.3 is 12.0 Å². The molecule has 0 aliphatic heterocycles. The Hall–Kier alpha value is -1.65. The van der Waals surface area contributed by atoms with Crippen LogP contribution in [0.2, 0.25) is 0 Å². The van der Waals surface area contributed by atoms with Crippen molar-refractivity contribution in [2.24, 2.45) is 0 Å². The number of carbonyl (C=O) groups is 1. The van der Waals surface area contributed by atoms with E-state index < -0.39 is 0 Å². The molecule has 5 nitrogen and oxygen atoms in total. The second-order valence-electron chi connectivity index (χ2n) is 3.42. The number of esters is 1. The van der Waals surface area contributed by atoms with E-state index in [0.717, 1.165) is 6.42 Å². The van der Waals surface area contributed by atoms with Crippen LogP contribution in [0, 0.1) is 0 Å². The van der Waals surface area contributed by atoms with Gasteiger partial charge in [0.2, 0.25) is 0 Å². The van der Waals surface area contributed by atoms with Crippen molar-refractivity contribution >= 4 is 5.97 Å². The van der Waals surface area contributed by atoms with E-state index in [-0.39, 0.29) is 5.97 Å². The van der Waals surface area contributed by atoms with Gasteiger partial charge in [0.05, 0.1) is 24.5 Å². The van der Waals surface area contributed by atoms with Crippen LogP contribution < -0.4 is 4.74 Å². The van der Waals surface area contributed by atoms with Crippen LogP contribution in [-0.4, -0.2) is 29.2 Å². The van der Waals surface area contributed by atoms with Crippen molar-refractivity contribution < 1.29 is 14.3 Å². The fraction of sp³-hybridized carbons (Fsp3) is 0.583. The number of hydrogen-bond donors (Lipinski definition) is 0. The summed E-state index contributed by atoms with van der Waals surface area (Å²) in [4.78, 5) is 19.9. The molecule has 0 fully saturated rings. The molecule has 1 rings (SSSR count). The maximum absolute atomic E-state index is 11.7. The lowest BCUT2D eigenvalue weighted by atomic mass is 10.1. The van der Waals surface area contributed by atoms with Crippen LogP contribution in [0.4, 0.5) is 0 Å². The van der Waals surface area contributed by atoms with Gasteiger partial charge in [-0.05, 0) is 20.3 Å². The average Bonchev–Trinajstić information content (AvgIpc) is 2.30. The highest BCUT2D eigenvalue weighted by Crippen LogP contribution is 2.13. The Morgan fingerprint density at radius 1 is 1.29 bits per heavy atom. The molecule has 0 bridgehead atoms. The third-order valence-electron chi connectivity index (χ3n) is 2.10. The number of carbonyl (C=O) groups excluding carboxylic acids is 1. The second-order valence-corrected chi connectivity index (χ2v) is 3.42. The number of rotatable bonds is 6. The first-order valence-electron chi connectivity index (χ1n) is 5.88. The molecule has 0 aliphatic carbocycles. The Labute approximate surface area is 101 Å². The highest BCUT2D eigenvalue weighted by atomic mass is 16.5. The number of ether oxygens (including phenoxy) is 2. The molecular formula is C12H18N2O3. The van der Waals surface area contributed by atoms with Gasteiger partial charge in [0, 0.05) is 6.20 Å². The molecule has 0 radical (unpaired) electrons. The predicted molar refractivity (Wildman–Crippen MR) is 63.2 cm³/mol. The molecule has 0 aliphatic rings. The van der Waals surface area contributed by atoms with Crippen LogP contribution in [-0.2, 0) is 11.2 Å². The third kappa shape index (κ3) is 3.69. The lowest BCUT2D eigenvalue weighted by Gasteiger charge is -2.08. The molecule has 0 aromatic carbocycles. The summed E-state index contributed by atoms with van der Waals surface area (Å²) in [6.07, 6.45) is 3.08. The minimum Gasteiger partial charge on any atom is -0.464 e. The van der Waals surface area contributed by atoms with Gasteiger partial charge in [-0.3, -0.25) is 0 Å². The summed E-state index contributed by atoms with van der Waals surface area (Å²) in [6, 6.07) is 0.309. The molecule has 0 spiro atoms. The van der Waals surface area contributed by atoms with E-state index in [1.54, 1.807) is 6.92 Å². The van der Waals surface area contributed by atoms with Crippen molar-refractivity contribution in [2.75, 3.05) is 13.2 Å². The molecule has 5 heteroatoms. The van der Waals surface area contributed by atoms with E-state index in [1.165, 1.54) is 6.20 Å². The van der Waals surface area contributed by atoms with Gasteiger partial charge in [0.1, 0.15) is 0 Å². The molecule has 0 atom stereocenters. The smallest absolute Gasteiger partial charge is 0.341 e. The highest BCUT2D eigenvalue weighted by molar-refractivity contribution is 5.90. The molecular weight excluding hydrogens is 220 g/mol. The van der Waals surface area contributed by atoms with Crippen molar-refractivity contribution in [1.29, 1.82) is 0 Å². The quantitative estimate of drug-likeness (QED) is 0.709. The largest absolute Gasteiger partial charge is 0.464 e. The van der Waals surface area contributed by atoms with Crippen LogP contribution in [0.3, 0.4) is 0 Å². The Kier molecular flexibility index (Phi) is 5.39. The molecule has 0 N–H and O–H groups in total. The monoisotopic (exact) mass is 238 g/mol. The molecule has 0 saturated carbocycles. The zero-order valence-electron chi connectivity index (χ0n) is 10.5. The van der Waals surface area contributed by atoms with Crippen LogP contribution in [0.15, 0.2) is 6.20 Å². The molecule has 17 heavy (non-hydrogen) atoms. The van der Waals surface area contributed by atoms with Crippen LogP contribution >= 0.6 is 0 Å². The number of nitrogens with zero attached hydrogens (tertiary/aromatic N) is 2. The van der Waals surface area contributed by atoms with Gasteiger partial charge in [-0.1, -0.05) is 13.3 Å². The van der Waals surface area contributed by atoms with Crippen molar-refractivity contribution in [3.63, 3.8) is 0 Å². The summed E-state index contributed by atoms with van der Waals surface area (Å²) in [5, 5.41) is 0. The van der Waals surface area contributed by atoms with Crippen molar-refractivity contribution in [3.05, 3.63) is 17.5 Å². The molecule has 0 saturated heterocycles. The fourth-order valence-electron chi connectivity index (χ4n) is 1.40. The number of hydrogen-bond acceptors (Lipinski definition) is 5. The van der Waals surface area contributed by atoms with Crippen molar-refractivity contribution in [3.8, 4) is 6.01 Å². The minimum absolute atomic E-state index is 0.309. The number of aromatic nitrogens is 2. The Morgan fingerprint density at radius 3 is 2.65 bits per heavy atom. The summed E-state index contributed by atoms with van der Waals surface area (Å²) in [7, 11) is 0. The molecule has 1 heterocycles. The Balaban J connectivity index is 2.98. The van der Waals surface area contributed by atoms with Gasteiger partial charge in [0.15, 0.2) is 0 Å². The average molecular weight is 238 g/mol. The van der Waals surface area contributed by atoms with Crippen molar-refractivity contribution in [2.45, 2.75) is 33.6 Å². The summed E-state index contributed by atoms with van der Waals surface area (Å²) in [6.45, 7) is 6.51. The second kappa shape index (κ2) is 6.83. The summed E-state index contributed by atoms with van der Waals surface area (Å²) in [5.74, 6) is -0.376. The predicted octanol–water partition coefficient (Wildman–Crippen LogP) is 2.00. The maximum Gasteiger partial charge on any atom is 0.341 e. The third-order valence-corrected chi connectivity index (χ3v) is 2.10. The van der Waals surface area contributed by atoms with Crippen LogP contribution in [0.5, 0.6) is 6.01 Å². The first-order valence-corrected chi connectivity index (χ1v) is 5.88. The fourth-order valence-corrected chi connectivity index (χ4v) is 1.40. The first-order chi connectivity index (χ1) is 8.22. The van der Waals surface area contributed by atoms with E-state index in [0.29, 0.717) is 36.9 Å². The van der Waals surface area contributed by atoms with E-state index in [1.807, 2.05) is 13.8 Å². The molecule has 1 aromatic heterocycles. The Morgan fingerprint density at radius 2 is 2.06 bits per heavy atom.